The number of hydrogen-bond donors (Lipinski definition) is 1. The highest BCUT2D eigenvalue weighted by atomic mass is 16.7. The van der Waals surface area contributed by atoms with E-state index in [1.54, 1.807) is 5.06 Å². The molecule has 0 spiro atoms. The van der Waals surface area contributed by atoms with Gasteiger partial charge in [0, 0.05) is 19.5 Å². The summed E-state index contributed by atoms with van der Waals surface area (Å²) in [5, 5.41) is 4.98. The predicted octanol–water partition coefficient (Wildman–Crippen LogP) is 0.413. The first-order valence-corrected chi connectivity index (χ1v) is 7.06. The van der Waals surface area contributed by atoms with Gasteiger partial charge in [-0.05, 0) is 37.1 Å². The smallest absolute Gasteiger partial charge is 0.246 e. The van der Waals surface area contributed by atoms with Gasteiger partial charge in [-0.15, -0.1) is 0 Å². The molecule has 3 aliphatic heterocycles. The van der Waals surface area contributed by atoms with Gasteiger partial charge in [-0.25, -0.2) is 5.06 Å². The fraction of sp³-hybridized carbons (Fsp3) is 0.923. The molecule has 1 N–H and O–H groups in total. The van der Waals surface area contributed by atoms with Crippen LogP contribution >= 0.6 is 0 Å². The molecular formula is C13H22N2O3. The van der Waals surface area contributed by atoms with Crippen LogP contribution in [-0.4, -0.2) is 50.4 Å². The summed E-state index contributed by atoms with van der Waals surface area (Å²) in [4.78, 5) is 17.6. The van der Waals surface area contributed by atoms with Gasteiger partial charge in [-0.3, -0.25) is 9.63 Å². The van der Waals surface area contributed by atoms with Crippen LogP contribution in [0, 0.1) is 17.8 Å². The van der Waals surface area contributed by atoms with Gasteiger partial charge in [0.15, 0.2) is 0 Å². The van der Waals surface area contributed by atoms with Crippen LogP contribution in [0.2, 0.25) is 0 Å². The molecule has 0 aromatic heterocycles. The van der Waals surface area contributed by atoms with E-state index in [-0.39, 0.29) is 5.91 Å². The molecule has 3 saturated heterocycles. The number of fused-ring (bicyclic) bond motifs is 1. The summed E-state index contributed by atoms with van der Waals surface area (Å²) < 4.78 is 5.63. The molecule has 0 aromatic rings. The van der Waals surface area contributed by atoms with Gasteiger partial charge in [0.05, 0.1) is 19.8 Å². The average Bonchev–Trinajstić information content (AvgIpc) is 2.89. The van der Waals surface area contributed by atoms with Crippen molar-refractivity contribution in [3.63, 3.8) is 0 Å². The van der Waals surface area contributed by atoms with E-state index in [1.807, 2.05) is 0 Å². The molecule has 1 amide bonds. The van der Waals surface area contributed by atoms with Crippen molar-refractivity contribution in [1.82, 2.24) is 10.4 Å². The van der Waals surface area contributed by atoms with Gasteiger partial charge in [-0.2, -0.15) is 0 Å². The summed E-state index contributed by atoms with van der Waals surface area (Å²) in [5.41, 5.74) is 0. The minimum atomic E-state index is 0.135. The van der Waals surface area contributed by atoms with E-state index < -0.39 is 0 Å². The third-order valence-corrected chi connectivity index (χ3v) is 4.38. The molecule has 102 valence electrons. The lowest BCUT2D eigenvalue weighted by molar-refractivity contribution is -0.199. The van der Waals surface area contributed by atoms with Crippen molar-refractivity contribution in [3.05, 3.63) is 0 Å². The molecule has 3 rings (SSSR count). The Bertz CT molecular complexity index is 305. The molecule has 3 fully saturated rings. The molecule has 0 aliphatic carbocycles. The van der Waals surface area contributed by atoms with Crippen LogP contribution in [0.1, 0.15) is 19.3 Å². The summed E-state index contributed by atoms with van der Waals surface area (Å²) in [6.07, 6.45) is 2.69. The maximum atomic E-state index is 12.2. The van der Waals surface area contributed by atoms with Crippen LogP contribution in [-0.2, 0) is 14.4 Å². The predicted molar refractivity (Wildman–Crippen MR) is 65.7 cm³/mol. The monoisotopic (exact) mass is 254 g/mol. The molecule has 18 heavy (non-hydrogen) atoms. The van der Waals surface area contributed by atoms with Crippen LogP contribution in [0.5, 0.6) is 0 Å². The van der Waals surface area contributed by atoms with Crippen molar-refractivity contribution >= 4 is 5.91 Å². The number of ether oxygens (including phenoxy) is 1. The molecule has 0 aromatic carbocycles. The molecular weight excluding hydrogens is 232 g/mol. The highest BCUT2D eigenvalue weighted by Crippen LogP contribution is 2.32. The Morgan fingerprint density at radius 3 is 3.06 bits per heavy atom. The highest BCUT2D eigenvalue weighted by Gasteiger charge is 2.38. The number of carbonyl (C=O) groups excluding carboxylic acids is 1. The second-order valence-corrected chi connectivity index (χ2v) is 5.62. The van der Waals surface area contributed by atoms with Crippen molar-refractivity contribution in [2.45, 2.75) is 19.3 Å². The second kappa shape index (κ2) is 5.55. The lowest BCUT2D eigenvalue weighted by Crippen LogP contribution is -2.41. The SMILES string of the molecule is O=C(C[C@@H]1COC[C@H]2CNC[C@H]21)N1CCCCO1. The first-order valence-electron chi connectivity index (χ1n) is 7.06. The highest BCUT2D eigenvalue weighted by molar-refractivity contribution is 5.75. The van der Waals surface area contributed by atoms with Crippen molar-refractivity contribution in [3.8, 4) is 0 Å². The summed E-state index contributed by atoms with van der Waals surface area (Å²) in [6.45, 7) is 5.08. The molecule has 3 atom stereocenters. The molecule has 3 heterocycles. The van der Waals surface area contributed by atoms with E-state index in [0.717, 1.165) is 45.7 Å². The fourth-order valence-electron chi connectivity index (χ4n) is 3.31. The van der Waals surface area contributed by atoms with E-state index in [9.17, 15) is 4.79 Å². The van der Waals surface area contributed by atoms with Gasteiger partial charge in [-0.1, -0.05) is 0 Å². The Morgan fingerprint density at radius 2 is 2.22 bits per heavy atom. The fourth-order valence-corrected chi connectivity index (χ4v) is 3.31. The topological polar surface area (TPSA) is 50.8 Å². The Morgan fingerprint density at radius 1 is 1.28 bits per heavy atom. The summed E-state index contributed by atoms with van der Waals surface area (Å²) in [5.74, 6) is 1.69. The van der Waals surface area contributed by atoms with E-state index in [1.165, 1.54) is 0 Å². The normalized spacial score (nSPS) is 36.4. The Hall–Kier alpha value is -0.650. The van der Waals surface area contributed by atoms with Crippen molar-refractivity contribution < 1.29 is 14.4 Å². The van der Waals surface area contributed by atoms with Crippen molar-refractivity contribution in [1.29, 1.82) is 0 Å². The van der Waals surface area contributed by atoms with Crippen LogP contribution in [0.25, 0.3) is 0 Å². The third kappa shape index (κ3) is 2.53. The molecule has 3 aliphatic rings. The molecule has 0 saturated carbocycles. The number of amides is 1. The average molecular weight is 254 g/mol. The van der Waals surface area contributed by atoms with Crippen LogP contribution in [0.3, 0.4) is 0 Å². The first-order chi connectivity index (χ1) is 8.84. The number of rotatable bonds is 2. The van der Waals surface area contributed by atoms with Gasteiger partial charge in [0.25, 0.3) is 0 Å². The Balaban J connectivity index is 1.56. The van der Waals surface area contributed by atoms with Gasteiger partial charge in [0.1, 0.15) is 0 Å². The van der Waals surface area contributed by atoms with Crippen LogP contribution in [0.15, 0.2) is 0 Å². The number of nitrogens with one attached hydrogen (secondary N) is 1. The molecule has 0 bridgehead atoms. The minimum absolute atomic E-state index is 0.135. The maximum absolute atomic E-state index is 12.2. The number of hydroxylamine groups is 2. The molecule has 5 heteroatoms. The largest absolute Gasteiger partial charge is 0.381 e. The van der Waals surface area contributed by atoms with E-state index in [4.69, 9.17) is 9.57 Å². The molecule has 0 unspecified atom stereocenters. The van der Waals surface area contributed by atoms with Crippen LogP contribution < -0.4 is 5.32 Å². The third-order valence-electron chi connectivity index (χ3n) is 4.38. The zero-order valence-electron chi connectivity index (χ0n) is 10.8. The first kappa shape index (κ1) is 12.4. The van der Waals surface area contributed by atoms with Gasteiger partial charge < -0.3 is 10.1 Å². The lowest BCUT2D eigenvalue weighted by atomic mass is 9.81. The van der Waals surface area contributed by atoms with E-state index >= 15 is 0 Å². The lowest BCUT2D eigenvalue weighted by Gasteiger charge is -2.34. The van der Waals surface area contributed by atoms with Crippen molar-refractivity contribution in [2.75, 3.05) is 39.5 Å². The quantitative estimate of drug-likeness (QED) is 0.775. The summed E-state index contributed by atoms with van der Waals surface area (Å²) in [7, 11) is 0. The zero-order chi connectivity index (χ0) is 12.4. The van der Waals surface area contributed by atoms with Gasteiger partial charge >= 0.3 is 0 Å². The maximum Gasteiger partial charge on any atom is 0.246 e. The van der Waals surface area contributed by atoms with Crippen LogP contribution in [0.4, 0.5) is 0 Å². The molecule has 5 nitrogen and oxygen atoms in total. The van der Waals surface area contributed by atoms with E-state index in [2.05, 4.69) is 5.32 Å². The summed E-state index contributed by atoms with van der Waals surface area (Å²) >= 11 is 0. The van der Waals surface area contributed by atoms with Crippen molar-refractivity contribution in [2.24, 2.45) is 17.8 Å². The second-order valence-electron chi connectivity index (χ2n) is 5.62. The number of nitrogens with zero attached hydrogens (tertiary/aromatic N) is 1. The number of hydrogen-bond acceptors (Lipinski definition) is 4. The minimum Gasteiger partial charge on any atom is -0.381 e. The Kier molecular flexibility index (Phi) is 3.82. The van der Waals surface area contributed by atoms with E-state index in [0.29, 0.717) is 30.8 Å². The molecule has 0 radical (unpaired) electrons. The van der Waals surface area contributed by atoms with Gasteiger partial charge in [0.2, 0.25) is 5.91 Å². The Labute approximate surface area is 108 Å². The summed E-state index contributed by atoms with van der Waals surface area (Å²) in [6, 6.07) is 0. The standard InChI is InChI=1S/C13H22N2O3/c16-13(15-3-1-2-4-18-15)5-10-8-17-9-11-6-14-7-12(10)11/h10-12,14H,1-9H2/t10-,11-,12+/m1/s1. The zero-order valence-corrected chi connectivity index (χ0v) is 10.8. The number of carbonyl (C=O) groups is 1.